The zero-order chi connectivity index (χ0) is 21.2. The van der Waals surface area contributed by atoms with Crippen LogP contribution in [-0.2, 0) is 16.1 Å². The van der Waals surface area contributed by atoms with E-state index in [0.29, 0.717) is 28.9 Å². The number of nitrogens with zero attached hydrogens (tertiary/aromatic N) is 3. The Kier molecular flexibility index (Phi) is 5.84. The van der Waals surface area contributed by atoms with Gasteiger partial charge in [0.25, 0.3) is 0 Å². The van der Waals surface area contributed by atoms with Crippen molar-refractivity contribution in [2.24, 2.45) is 0 Å². The van der Waals surface area contributed by atoms with Gasteiger partial charge in [-0.25, -0.2) is 0 Å². The number of benzene rings is 1. The first-order chi connectivity index (χ1) is 15.2. The van der Waals surface area contributed by atoms with Crippen LogP contribution in [0, 0.1) is 0 Å². The molecule has 1 N–H and O–H groups in total. The number of anilines is 1. The molecular formula is C21H22N4O4S2. The number of hydrogen-bond donors (Lipinski definition) is 1. The Balaban J connectivity index is 1.31. The summed E-state index contributed by atoms with van der Waals surface area (Å²) in [6.45, 7) is 3.53. The van der Waals surface area contributed by atoms with Crippen LogP contribution in [0.2, 0.25) is 0 Å². The number of thioether (sulfide) groups is 1. The van der Waals surface area contributed by atoms with E-state index in [1.165, 1.54) is 11.8 Å². The van der Waals surface area contributed by atoms with Gasteiger partial charge in [0.2, 0.25) is 12.7 Å². The molecule has 0 radical (unpaired) electrons. The van der Waals surface area contributed by atoms with Crippen molar-refractivity contribution in [1.82, 2.24) is 14.8 Å². The number of carbonyl (C=O) groups is 1. The van der Waals surface area contributed by atoms with Crippen LogP contribution in [0.5, 0.6) is 11.5 Å². The quantitative estimate of drug-likeness (QED) is 0.535. The molecule has 31 heavy (non-hydrogen) atoms. The number of fused-ring (bicyclic) bond motifs is 1. The van der Waals surface area contributed by atoms with Crippen molar-refractivity contribution in [3.63, 3.8) is 0 Å². The topological polar surface area (TPSA) is 87.5 Å². The van der Waals surface area contributed by atoms with Gasteiger partial charge in [0, 0.05) is 18.4 Å². The van der Waals surface area contributed by atoms with Gasteiger partial charge in [0.1, 0.15) is 0 Å². The zero-order valence-electron chi connectivity index (χ0n) is 16.9. The molecule has 2 aliphatic rings. The smallest absolute Gasteiger partial charge is 0.237 e. The van der Waals surface area contributed by atoms with Gasteiger partial charge in [-0.2, -0.15) is 0 Å². The van der Waals surface area contributed by atoms with Crippen LogP contribution in [0.15, 0.2) is 40.9 Å². The summed E-state index contributed by atoms with van der Waals surface area (Å²) in [5.41, 5.74) is 0.668. The van der Waals surface area contributed by atoms with E-state index >= 15 is 0 Å². The van der Waals surface area contributed by atoms with Crippen molar-refractivity contribution >= 4 is 34.7 Å². The normalized spacial score (nSPS) is 18.3. The molecule has 1 aromatic carbocycles. The van der Waals surface area contributed by atoms with Crippen LogP contribution in [0.25, 0.3) is 10.7 Å². The third-order valence-corrected chi connectivity index (χ3v) is 7.11. The second-order valence-corrected chi connectivity index (χ2v) is 9.60. The molecule has 0 bridgehead atoms. The van der Waals surface area contributed by atoms with Gasteiger partial charge >= 0.3 is 0 Å². The summed E-state index contributed by atoms with van der Waals surface area (Å²) in [7, 11) is 0. The summed E-state index contributed by atoms with van der Waals surface area (Å²) in [5, 5.41) is 14.1. The van der Waals surface area contributed by atoms with Crippen LogP contribution in [0.3, 0.4) is 0 Å². The average Bonchev–Trinajstić information content (AvgIpc) is 3.56. The van der Waals surface area contributed by atoms with Crippen molar-refractivity contribution in [3.05, 3.63) is 35.7 Å². The third kappa shape index (κ3) is 4.41. The fourth-order valence-corrected chi connectivity index (χ4v) is 5.13. The SMILES string of the molecule is C[C@H](Sc1nnc(-c2cccs2)n1C[C@H]1CCCO1)C(=O)Nc1ccc2c(c1)OCO2. The predicted octanol–water partition coefficient (Wildman–Crippen LogP) is 4.03. The number of rotatable bonds is 7. The van der Waals surface area contributed by atoms with E-state index < -0.39 is 0 Å². The molecule has 1 amide bonds. The van der Waals surface area contributed by atoms with Crippen molar-refractivity contribution < 1.29 is 19.0 Å². The fourth-order valence-electron chi connectivity index (χ4n) is 3.55. The molecule has 4 heterocycles. The maximum Gasteiger partial charge on any atom is 0.237 e. The number of aromatic nitrogens is 3. The molecule has 0 spiro atoms. The van der Waals surface area contributed by atoms with Crippen LogP contribution in [-0.4, -0.2) is 45.4 Å². The molecule has 2 aromatic heterocycles. The predicted molar refractivity (Wildman–Crippen MR) is 119 cm³/mol. The van der Waals surface area contributed by atoms with Crippen LogP contribution in [0.4, 0.5) is 5.69 Å². The summed E-state index contributed by atoms with van der Waals surface area (Å²) in [6, 6.07) is 9.40. The van der Waals surface area contributed by atoms with Crippen LogP contribution >= 0.6 is 23.1 Å². The lowest BCUT2D eigenvalue weighted by Gasteiger charge is -2.16. The van der Waals surface area contributed by atoms with E-state index in [1.807, 2.05) is 24.4 Å². The summed E-state index contributed by atoms with van der Waals surface area (Å²) in [4.78, 5) is 13.9. The lowest BCUT2D eigenvalue weighted by atomic mass is 10.2. The first kappa shape index (κ1) is 20.3. The molecule has 0 aliphatic carbocycles. The summed E-state index contributed by atoms with van der Waals surface area (Å²) in [6.07, 6.45) is 2.23. The number of nitrogens with one attached hydrogen (secondary N) is 1. The monoisotopic (exact) mass is 458 g/mol. The Labute approximate surface area is 187 Å². The molecule has 2 aliphatic heterocycles. The Morgan fingerprint density at radius 2 is 2.23 bits per heavy atom. The summed E-state index contributed by atoms with van der Waals surface area (Å²) in [5.74, 6) is 2.02. The third-order valence-electron chi connectivity index (χ3n) is 5.16. The molecule has 0 unspecified atom stereocenters. The fraction of sp³-hybridized carbons (Fsp3) is 0.381. The van der Waals surface area contributed by atoms with Crippen LogP contribution in [0.1, 0.15) is 19.8 Å². The lowest BCUT2D eigenvalue weighted by Crippen LogP contribution is -2.23. The van der Waals surface area contributed by atoms with Crippen molar-refractivity contribution in [2.75, 3.05) is 18.7 Å². The van der Waals surface area contributed by atoms with Crippen molar-refractivity contribution in [1.29, 1.82) is 0 Å². The highest BCUT2D eigenvalue weighted by atomic mass is 32.2. The molecular weight excluding hydrogens is 436 g/mol. The summed E-state index contributed by atoms with van der Waals surface area (Å²) >= 11 is 3.02. The summed E-state index contributed by atoms with van der Waals surface area (Å²) < 4.78 is 18.6. The minimum Gasteiger partial charge on any atom is -0.454 e. The van der Waals surface area contributed by atoms with E-state index in [4.69, 9.17) is 14.2 Å². The molecule has 1 saturated heterocycles. The molecule has 162 valence electrons. The zero-order valence-corrected chi connectivity index (χ0v) is 18.6. The molecule has 8 nitrogen and oxygen atoms in total. The molecule has 2 atom stereocenters. The van der Waals surface area contributed by atoms with Gasteiger partial charge in [0.15, 0.2) is 22.5 Å². The Morgan fingerprint density at radius 3 is 3.03 bits per heavy atom. The molecule has 3 aromatic rings. The molecule has 10 heteroatoms. The Hall–Kier alpha value is -2.56. The maximum absolute atomic E-state index is 12.8. The standard InChI is InChI=1S/C21H22N4O4S2/c1-13(20(26)22-14-6-7-16-17(10-14)29-12-28-16)31-21-24-23-19(18-5-3-9-30-18)25(21)11-15-4-2-8-27-15/h3,5-7,9-10,13,15H,2,4,8,11-12H2,1H3,(H,22,26)/t13-,15+/m0/s1. The van der Waals surface area contributed by atoms with Gasteiger partial charge in [-0.1, -0.05) is 17.8 Å². The number of carbonyl (C=O) groups excluding carboxylic acids is 1. The first-order valence-corrected chi connectivity index (χ1v) is 11.9. The number of thiophene rings is 1. The molecule has 5 rings (SSSR count). The van der Waals surface area contributed by atoms with Gasteiger partial charge in [-0.05, 0) is 43.3 Å². The van der Waals surface area contributed by atoms with E-state index in [2.05, 4.69) is 20.1 Å². The van der Waals surface area contributed by atoms with Crippen LogP contribution < -0.4 is 14.8 Å². The number of ether oxygens (including phenoxy) is 3. The average molecular weight is 459 g/mol. The molecule has 1 fully saturated rings. The number of amides is 1. The van der Waals surface area contributed by atoms with E-state index in [9.17, 15) is 4.79 Å². The van der Waals surface area contributed by atoms with E-state index in [0.717, 1.165) is 30.2 Å². The molecule has 0 saturated carbocycles. The lowest BCUT2D eigenvalue weighted by molar-refractivity contribution is -0.115. The minimum absolute atomic E-state index is 0.117. The Morgan fingerprint density at radius 1 is 1.32 bits per heavy atom. The van der Waals surface area contributed by atoms with Gasteiger partial charge in [-0.3, -0.25) is 9.36 Å². The highest BCUT2D eigenvalue weighted by Crippen LogP contribution is 2.35. The largest absolute Gasteiger partial charge is 0.454 e. The second-order valence-electron chi connectivity index (χ2n) is 7.35. The second kappa shape index (κ2) is 8.89. The van der Waals surface area contributed by atoms with E-state index in [-0.39, 0.29) is 24.1 Å². The first-order valence-electron chi connectivity index (χ1n) is 10.1. The Bertz CT molecular complexity index is 1060. The van der Waals surface area contributed by atoms with Crippen molar-refractivity contribution in [3.8, 4) is 22.2 Å². The highest BCUT2D eigenvalue weighted by Gasteiger charge is 2.25. The van der Waals surface area contributed by atoms with Gasteiger partial charge in [0.05, 0.1) is 22.8 Å². The minimum atomic E-state index is -0.367. The van der Waals surface area contributed by atoms with Crippen molar-refractivity contribution in [2.45, 2.75) is 42.8 Å². The number of hydrogen-bond acceptors (Lipinski definition) is 8. The maximum atomic E-state index is 12.8. The highest BCUT2D eigenvalue weighted by molar-refractivity contribution is 8.00. The van der Waals surface area contributed by atoms with Gasteiger partial charge < -0.3 is 19.5 Å². The van der Waals surface area contributed by atoms with Gasteiger partial charge in [-0.15, -0.1) is 21.5 Å². The van der Waals surface area contributed by atoms with E-state index in [1.54, 1.807) is 29.5 Å².